The topological polar surface area (TPSA) is 52.8 Å². The van der Waals surface area contributed by atoms with Gasteiger partial charge in [0.05, 0.1) is 5.69 Å². The fraction of sp³-hybridized carbons (Fsp3) is 0. The van der Waals surface area contributed by atoms with Crippen molar-refractivity contribution < 1.29 is 14.6 Å². The van der Waals surface area contributed by atoms with Crippen LogP contribution in [0.1, 0.15) is 5.56 Å². The molecule has 2 aromatic carbocycles. The lowest BCUT2D eigenvalue weighted by Gasteiger charge is -2.00. The Morgan fingerprint density at radius 2 is 1.71 bits per heavy atom. The zero-order chi connectivity index (χ0) is 12.3. The van der Waals surface area contributed by atoms with Crippen LogP contribution in [0.2, 0.25) is 0 Å². The molecule has 0 amide bonds. The third-order valence-electron chi connectivity index (χ3n) is 2.23. The van der Waals surface area contributed by atoms with Crippen LogP contribution >= 0.6 is 0 Å². The molecule has 0 bridgehead atoms. The van der Waals surface area contributed by atoms with Gasteiger partial charge in [0.1, 0.15) is 5.82 Å². The van der Waals surface area contributed by atoms with Crippen molar-refractivity contribution in [1.29, 1.82) is 0 Å². The Labute approximate surface area is 97.5 Å². The van der Waals surface area contributed by atoms with Crippen LogP contribution in [0.25, 0.3) is 0 Å². The van der Waals surface area contributed by atoms with Gasteiger partial charge in [-0.25, -0.2) is 4.39 Å². The maximum Gasteiger partial charge on any atom is 0.166 e. The molecule has 2 rings (SSSR count). The summed E-state index contributed by atoms with van der Waals surface area (Å²) in [5, 5.41) is 18.8. The Hall–Kier alpha value is -2.36. The number of aromatic hydroxyl groups is 2. The monoisotopic (exact) mass is 231 g/mol. The minimum atomic E-state index is -0.329. The van der Waals surface area contributed by atoms with Crippen LogP contribution < -0.4 is 0 Å². The Morgan fingerprint density at radius 3 is 2.41 bits per heavy atom. The van der Waals surface area contributed by atoms with E-state index in [9.17, 15) is 14.6 Å². The van der Waals surface area contributed by atoms with Gasteiger partial charge in [0.2, 0.25) is 0 Å². The van der Waals surface area contributed by atoms with Crippen molar-refractivity contribution in [2.75, 3.05) is 0 Å². The first kappa shape index (κ1) is 11.1. The number of rotatable bonds is 2. The number of hydrogen-bond donors (Lipinski definition) is 2. The van der Waals surface area contributed by atoms with E-state index in [0.717, 1.165) is 0 Å². The minimum Gasteiger partial charge on any atom is -0.504 e. The normalized spacial score (nSPS) is 10.9. The molecule has 0 heterocycles. The van der Waals surface area contributed by atoms with Gasteiger partial charge >= 0.3 is 0 Å². The average Bonchev–Trinajstić information content (AvgIpc) is 2.33. The minimum absolute atomic E-state index is 0.201. The van der Waals surface area contributed by atoms with E-state index < -0.39 is 0 Å². The predicted molar refractivity (Wildman–Crippen MR) is 63.4 cm³/mol. The lowest BCUT2D eigenvalue weighted by molar-refractivity contribution is 0.403. The molecule has 0 fully saturated rings. The number of halogens is 1. The number of para-hydroxylation sites is 1. The lowest BCUT2D eigenvalue weighted by Crippen LogP contribution is -1.82. The summed E-state index contributed by atoms with van der Waals surface area (Å²) >= 11 is 0. The van der Waals surface area contributed by atoms with Crippen molar-refractivity contribution in [3.05, 3.63) is 53.8 Å². The van der Waals surface area contributed by atoms with Crippen LogP contribution in [0.5, 0.6) is 11.5 Å². The van der Waals surface area contributed by atoms with Gasteiger partial charge in [-0.3, -0.25) is 4.99 Å². The summed E-state index contributed by atoms with van der Waals surface area (Å²) in [6.07, 6.45) is 1.41. The molecule has 17 heavy (non-hydrogen) atoms. The standard InChI is InChI=1S/C13H10FNO2/c14-10-4-6-11(7-5-10)15-8-9-2-1-3-12(16)13(9)17/h1-8,16-17H. The van der Waals surface area contributed by atoms with Gasteiger partial charge in [-0.1, -0.05) is 6.07 Å². The summed E-state index contributed by atoms with van der Waals surface area (Å²) < 4.78 is 12.6. The molecule has 86 valence electrons. The summed E-state index contributed by atoms with van der Waals surface area (Å²) in [6.45, 7) is 0. The van der Waals surface area contributed by atoms with Crippen molar-refractivity contribution in [3.63, 3.8) is 0 Å². The van der Waals surface area contributed by atoms with E-state index in [-0.39, 0.29) is 17.3 Å². The number of phenolic OH excluding ortho intramolecular Hbond substituents is 2. The van der Waals surface area contributed by atoms with Gasteiger partial charge in [-0.2, -0.15) is 0 Å². The molecule has 0 aliphatic carbocycles. The fourth-order valence-corrected chi connectivity index (χ4v) is 1.32. The van der Waals surface area contributed by atoms with Gasteiger partial charge in [0, 0.05) is 11.8 Å². The molecule has 4 heteroatoms. The molecule has 0 aliphatic heterocycles. The largest absolute Gasteiger partial charge is 0.504 e. The smallest absolute Gasteiger partial charge is 0.166 e. The molecule has 0 aromatic heterocycles. The first-order valence-electron chi connectivity index (χ1n) is 4.97. The van der Waals surface area contributed by atoms with Crippen LogP contribution in [0.15, 0.2) is 47.5 Å². The Morgan fingerprint density at radius 1 is 1.00 bits per heavy atom. The first-order valence-corrected chi connectivity index (χ1v) is 4.97. The van der Waals surface area contributed by atoms with Crippen LogP contribution in [-0.4, -0.2) is 16.4 Å². The molecule has 0 atom stereocenters. The molecule has 2 N–H and O–H groups in total. The fourth-order valence-electron chi connectivity index (χ4n) is 1.32. The van der Waals surface area contributed by atoms with E-state index in [2.05, 4.69) is 4.99 Å². The molecule has 0 radical (unpaired) electrons. The first-order chi connectivity index (χ1) is 8.16. The predicted octanol–water partition coefficient (Wildman–Crippen LogP) is 2.99. The summed E-state index contributed by atoms with van der Waals surface area (Å²) in [5.74, 6) is -0.754. The van der Waals surface area contributed by atoms with Crippen LogP contribution in [0, 0.1) is 5.82 Å². The third-order valence-corrected chi connectivity index (χ3v) is 2.23. The molecule has 0 spiro atoms. The Balaban J connectivity index is 2.26. The van der Waals surface area contributed by atoms with Crippen molar-refractivity contribution in [3.8, 4) is 11.5 Å². The van der Waals surface area contributed by atoms with Gasteiger partial charge in [-0.05, 0) is 36.4 Å². The zero-order valence-corrected chi connectivity index (χ0v) is 8.84. The maximum atomic E-state index is 12.6. The molecule has 3 nitrogen and oxygen atoms in total. The van der Waals surface area contributed by atoms with E-state index in [1.807, 2.05) is 0 Å². The molecular formula is C13H10FNO2. The summed E-state index contributed by atoms with van der Waals surface area (Å²) in [6, 6.07) is 10.2. The van der Waals surface area contributed by atoms with Crippen LogP contribution in [0.4, 0.5) is 10.1 Å². The van der Waals surface area contributed by atoms with E-state index in [0.29, 0.717) is 11.3 Å². The summed E-state index contributed by atoms with van der Waals surface area (Å²) in [4.78, 5) is 4.06. The van der Waals surface area contributed by atoms with E-state index in [4.69, 9.17) is 0 Å². The molecule has 0 unspecified atom stereocenters. The number of nitrogens with zero attached hydrogens (tertiary/aromatic N) is 1. The number of benzene rings is 2. The highest BCUT2D eigenvalue weighted by Crippen LogP contribution is 2.27. The maximum absolute atomic E-state index is 12.6. The van der Waals surface area contributed by atoms with Crippen molar-refractivity contribution in [2.24, 2.45) is 4.99 Å². The zero-order valence-electron chi connectivity index (χ0n) is 8.84. The third kappa shape index (κ3) is 2.60. The summed E-state index contributed by atoms with van der Waals surface area (Å²) in [5.41, 5.74) is 0.962. The Bertz CT molecular complexity index is 550. The van der Waals surface area contributed by atoms with Gasteiger partial charge in [-0.15, -0.1) is 0 Å². The van der Waals surface area contributed by atoms with Gasteiger partial charge in [0.25, 0.3) is 0 Å². The number of hydrogen-bond acceptors (Lipinski definition) is 3. The van der Waals surface area contributed by atoms with Crippen LogP contribution in [-0.2, 0) is 0 Å². The second kappa shape index (κ2) is 4.65. The molecule has 0 aliphatic rings. The van der Waals surface area contributed by atoms with Crippen molar-refractivity contribution in [1.82, 2.24) is 0 Å². The molecule has 2 aromatic rings. The Kier molecular flexibility index (Phi) is 3.05. The second-order valence-electron chi connectivity index (χ2n) is 3.45. The SMILES string of the molecule is Oc1cccc(C=Nc2ccc(F)cc2)c1O. The molecule has 0 saturated heterocycles. The van der Waals surface area contributed by atoms with Gasteiger partial charge < -0.3 is 10.2 Å². The lowest BCUT2D eigenvalue weighted by atomic mass is 10.2. The molecular weight excluding hydrogens is 221 g/mol. The summed E-state index contributed by atoms with van der Waals surface area (Å²) in [7, 11) is 0. The highest BCUT2D eigenvalue weighted by atomic mass is 19.1. The van der Waals surface area contributed by atoms with Gasteiger partial charge in [0.15, 0.2) is 11.5 Å². The van der Waals surface area contributed by atoms with Crippen molar-refractivity contribution >= 4 is 11.9 Å². The second-order valence-corrected chi connectivity index (χ2v) is 3.45. The highest BCUT2D eigenvalue weighted by molar-refractivity contribution is 5.86. The van der Waals surface area contributed by atoms with E-state index in [1.54, 1.807) is 12.1 Å². The van der Waals surface area contributed by atoms with Crippen LogP contribution in [0.3, 0.4) is 0 Å². The van der Waals surface area contributed by atoms with Crippen molar-refractivity contribution in [2.45, 2.75) is 0 Å². The highest BCUT2D eigenvalue weighted by Gasteiger charge is 2.02. The average molecular weight is 231 g/mol. The number of aliphatic imine (C=N–C) groups is 1. The quantitative estimate of drug-likeness (QED) is 0.616. The number of phenols is 2. The van der Waals surface area contributed by atoms with E-state index in [1.165, 1.54) is 36.5 Å². The van der Waals surface area contributed by atoms with E-state index >= 15 is 0 Å². The molecule has 0 saturated carbocycles.